The maximum Gasteiger partial charge on any atom is 0.141 e. The van der Waals surface area contributed by atoms with E-state index in [9.17, 15) is 0 Å². The van der Waals surface area contributed by atoms with Crippen LogP contribution in [0.4, 0.5) is 11.5 Å². The first-order valence-corrected chi connectivity index (χ1v) is 10.5. The minimum absolute atomic E-state index is 0.432. The average molecular weight is 430 g/mol. The normalized spacial score (nSPS) is 11.0. The molecule has 2 heterocycles. The quantitative estimate of drug-likeness (QED) is 0.417. The Labute approximate surface area is 188 Å². The number of ether oxygens (including phenoxy) is 2. The van der Waals surface area contributed by atoms with Crippen molar-refractivity contribution in [2.45, 2.75) is 13.5 Å². The van der Waals surface area contributed by atoms with Gasteiger partial charge in [0.05, 0.1) is 11.2 Å². The summed E-state index contributed by atoms with van der Waals surface area (Å²) in [6.45, 7) is 3.92. The Morgan fingerprint density at radius 3 is 2.62 bits per heavy atom. The molecule has 0 fully saturated rings. The standard InChI is InChI=1S/C25H27N5O2/c1-18-14-19(7-10-24(18)32-16-20-6-4-5-11-26-20)29-25-22-15-21(31-13-12-30(2)3)8-9-23(22)27-17-28-25/h4-11,14-15,17H,12-13,16H2,1-3H3,(H,27,28,29). The molecule has 0 atom stereocenters. The monoisotopic (exact) mass is 429 g/mol. The fraction of sp³-hybridized carbons (Fsp3) is 0.240. The number of hydrogen-bond donors (Lipinski definition) is 1. The largest absolute Gasteiger partial charge is 0.492 e. The van der Waals surface area contributed by atoms with Crippen LogP contribution in [-0.2, 0) is 6.61 Å². The van der Waals surface area contributed by atoms with Gasteiger partial charge in [0.25, 0.3) is 0 Å². The zero-order chi connectivity index (χ0) is 22.3. The van der Waals surface area contributed by atoms with Crippen LogP contribution < -0.4 is 14.8 Å². The van der Waals surface area contributed by atoms with Crippen LogP contribution in [0, 0.1) is 6.92 Å². The number of aryl methyl sites for hydroxylation is 1. The van der Waals surface area contributed by atoms with Gasteiger partial charge in [-0.15, -0.1) is 0 Å². The van der Waals surface area contributed by atoms with Crippen LogP contribution in [0.5, 0.6) is 11.5 Å². The third-order valence-corrected chi connectivity index (χ3v) is 4.95. The first-order chi connectivity index (χ1) is 15.6. The summed E-state index contributed by atoms with van der Waals surface area (Å²) in [5.41, 5.74) is 3.70. The summed E-state index contributed by atoms with van der Waals surface area (Å²) in [6, 6.07) is 17.6. The van der Waals surface area contributed by atoms with Crippen LogP contribution in [0.1, 0.15) is 11.3 Å². The Hall–Kier alpha value is -3.71. The molecule has 2 aromatic carbocycles. The molecule has 0 aliphatic rings. The minimum atomic E-state index is 0.432. The Morgan fingerprint density at radius 1 is 0.938 bits per heavy atom. The highest BCUT2D eigenvalue weighted by Crippen LogP contribution is 2.29. The fourth-order valence-electron chi connectivity index (χ4n) is 3.23. The van der Waals surface area contributed by atoms with Crippen molar-refractivity contribution in [2.24, 2.45) is 0 Å². The van der Waals surface area contributed by atoms with Gasteiger partial charge < -0.3 is 19.7 Å². The number of nitrogens with one attached hydrogen (secondary N) is 1. The van der Waals surface area contributed by atoms with Gasteiger partial charge >= 0.3 is 0 Å². The number of fused-ring (bicyclic) bond motifs is 1. The number of hydrogen-bond acceptors (Lipinski definition) is 7. The summed E-state index contributed by atoms with van der Waals surface area (Å²) in [4.78, 5) is 15.2. The molecule has 32 heavy (non-hydrogen) atoms. The molecule has 4 aromatic rings. The predicted octanol–water partition coefficient (Wildman–Crippen LogP) is 4.60. The van der Waals surface area contributed by atoms with Crippen molar-refractivity contribution in [2.75, 3.05) is 32.6 Å². The molecule has 0 bridgehead atoms. The van der Waals surface area contributed by atoms with Gasteiger partial charge in [-0.3, -0.25) is 4.98 Å². The summed E-state index contributed by atoms with van der Waals surface area (Å²) < 4.78 is 11.8. The lowest BCUT2D eigenvalue weighted by atomic mass is 10.2. The van der Waals surface area contributed by atoms with E-state index in [4.69, 9.17) is 9.47 Å². The van der Waals surface area contributed by atoms with E-state index in [1.54, 1.807) is 12.5 Å². The lowest BCUT2D eigenvalue weighted by Gasteiger charge is -2.14. The average Bonchev–Trinajstić information content (AvgIpc) is 2.79. The topological polar surface area (TPSA) is 72.4 Å². The van der Waals surface area contributed by atoms with E-state index in [0.717, 1.165) is 51.7 Å². The number of benzene rings is 2. The van der Waals surface area contributed by atoms with E-state index in [-0.39, 0.29) is 0 Å². The van der Waals surface area contributed by atoms with Crippen LogP contribution in [-0.4, -0.2) is 47.1 Å². The molecule has 4 rings (SSSR count). The lowest BCUT2D eigenvalue weighted by Crippen LogP contribution is -2.19. The van der Waals surface area contributed by atoms with Gasteiger partial charge in [-0.25, -0.2) is 9.97 Å². The number of likely N-dealkylation sites (N-methyl/N-ethyl adjacent to an activating group) is 1. The molecule has 1 N–H and O–H groups in total. The molecule has 7 heteroatoms. The van der Waals surface area contributed by atoms with Crippen molar-refractivity contribution in [1.29, 1.82) is 0 Å². The van der Waals surface area contributed by atoms with Crippen LogP contribution in [0.2, 0.25) is 0 Å². The molecule has 0 unspecified atom stereocenters. The Bertz CT molecular complexity index is 1180. The smallest absolute Gasteiger partial charge is 0.141 e. The zero-order valence-electron chi connectivity index (χ0n) is 18.6. The molecule has 0 amide bonds. The van der Waals surface area contributed by atoms with E-state index >= 15 is 0 Å². The number of rotatable bonds is 9. The van der Waals surface area contributed by atoms with Crippen molar-refractivity contribution in [3.8, 4) is 11.5 Å². The SMILES string of the molecule is Cc1cc(Nc2ncnc3ccc(OCCN(C)C)cc23)ccc1OCc1ccccn1. The third-order valence-electron chi connectivity index (χ3n) is 4.95. The van der Waals surface area contributed by atoms with Gasteiger partial charge in [0.15, 0.2) is 0 Å². The molecule has 164 valence electrons. The highest BCUT2D eigenvalue weighted by molar-refractivity contribution is 5.91. The molecule has 0 aliphatic carbocycles. The third kappa shape index (κ3) is 5.50. The first kappa shape index (κ1) is 21.5. The van der Waals surface area contributed by atoms with Gasteiger partial charge in [-0.2, -0.15) is 0 Å². The van der Waals surface area contributed by atoms with E-state index in [2.05, 4.69) is 25.2 Å². The molecular weight excluding hydrogens is 402 g/mol. The van der Waals surface area contributed by atoms with E-state index in [1.165, 1.54) is 0 Å². The first-order valence-electron chi connectivity index (χ1n) is 10.5. The number of pyridine rings is 1. The molecule has 7 nitrogen and oxygen atoms in total. The molecule has 0 aliphatic heterocycles. The zero-order valence-corrected chi connectivity index (χ0v) is 18.6. The Kier molecular flexibility index (Phi) is 6.77. The molecular formula is C25H27N5O2. The fourth-order valence-corrected chi connectivity index (χ4v) is 3.23. The van der Waals surface area contributed by atoms with Crippen molar-refractivity contribution in [3.63, 3.8) is 0 Å². The summed E-state index contributed by atoms with van der Waals surface area (Å²) in [7, 11) is 4.05. The minimum Gasteiger partial charge on any atom is -0.492 e. The number of nitrogens with zero attached hydrogens (tertiary/aromatic N) is 4. The molecule has 2 aromatic heterocycles. The maximum atomic E-state index is 5.93. The Balaban J connectivity index is 1.49. The second-order valence-corrected chi connectivity index (χ2v) is 7.77. The summed E-state index contributed by atoms with van der Waals surface area (Å²) >= 11 is 0. The van der Waals surface area contributed by atoms with E-state index in [1.807, 2.05) is 75.6 Å². The summed E-state index contributed by atoms with van der Waals surface area (Å²) in [5.74, 6) is 2.35. The highest BCUT2D eigenvalue weighted by atomic mass is 16.5. The summed E-state index contributed by atoms with van der Waals surface area (Å²) in [6.07, 6.45) is 3.33. The highest BCUT2D eigenvalue weighted by Gasteiger charge is 2.08. The van der Waals surface area contributed by atoms with Gasteiger partial charge in [0.1, 0.15) is 36.9 Å². The molecule has 0 saturated carbocycles. The van der Waals surface area contributed by atoms with Gasteiger partial charge in [0, 0.05) is 23.8 Å². The van der Waals surface area contributed by atoms with Gasteiger partial charge in [0.2, 0.25) is 0 Å². The van der Waals surface area contributed by atoms with Gasteiger partial charge in [-0.05, 0) is 75.1 Å². The molecule has 0 spiro atoms. The van der Waals surface area contributed by atoms with Crippen LogP contribution >= 0.6 is 0 Å². The van der Waals surface area contributed by atoms with Crippen molar-refractivity contribution in [1.82, 2.24) is 19.9 Å². The van der Waals surface area contributed by atoms with Crippen molar-refractivity contribution >= 4 is 22.4 Å². The number of aromatic nitrogens is 3. The van der Waals surface area contributed by atoms with Crippen LogP contribution in [0.15, 0.2) is 67.1 Å². The van der Waals surface area contributed by atoms with Crippen LogP contribution in [0.25, 0.3) is 10.9 Å². The Morgan fingerprint density at radius 2 is 1.84 bits per heavy atom. The van der Waals surface area contributed by atoms with Crippen molar-refractivity contribution in [3.05, 3.63) is 78.4 Å². The number of anilines is 2. The van der Waals surface area contributed by atoms with Gasteiger partial charge in [-0.1, -0.05) is 6.07 Å². The second-order valence-electron chi connectivity index (χ2n) is 7.77. The summed E-state index contributed by atoms with van der Waals surface area (Å²) in [5, 5.41) is 4.31. The molecule has 0 radical (unpaired) electrons. The van der Waals surface area contributed by atoms with Crippen molar-refractivity contribution < 1.29 is 9.47 Å². The molecule has 0 saturated heterocycles. The lowest BCUT2D eigenvalue weighted by molar-refractivity contribution is 0.261. The van der Waals surface area contributed by atoms with Crippen LogP contribution in [0.3, 0.4) is 0 Å². The van der Waals surface area contributed by atoms with E-state index in [0.29, 0.717) is 13.2 Å². The van der Waals surface area contributed by atoms with E-state index < -0.39 is 0 Å². The predicted molar refractivity (Wildman–Crippen MR) is 127 cm³/mol. The maximum absolute atomic E-state index is 5.93. The second kappa shape index (κ2) is 10.1.